The first-order valence-electron chi connectivity index (χ1n) is 9.58. The van der Waals surface area contributed by atoms with Crippen molar-refractivity contribution in [2.45, 2.75) is 51.2 Å². The third-order valence-corrected chi connectivity index (χ3v) is 5.34. The first kappa shape index (κ1) is 18.2. The van der Waals surface area contributed by atoms with Crippen molar-refractivity contribution in [3.8, 4) is 0 Å². The number of benzene rings is 2. The van der Waals surface area contributed by atoms with Gasteiger partial charge in [-0.15, -0.1) is 0 Å². The molecule has 0 bridgehead atoms. The molecular formula is C23H31NO. The summed E-state index contributed by atoms with van der Waals surface area (Å²) in [6.45, 7) is 7.34. The van der Waals surface area contributed by atoms with Gasteiger partial charge in [0, 0.05) is 13.2 Å². The highest BCUT2D eigenvalue weighted by atomic mass is 16.5. The van der Waals surface area contributed by atoms with Crippen LogP contribution in [0.25, 0.3) is 0 Å². The fourth-order valence-corrected chi connectivity index (χ4v) is 4.08. The second-order valence-corrected chi connectivity index (χ2v) is 7.83. The number of nitrogens with one attached hydrogen (secondary N) is 1. The van der Waals surface area contributed by atoms with E-state index >= 15 is 0 Å². The van der Waals surface area contributed by atoms with Crippen LogP contribution in [0, 0.1) is 5.92 Å². The quantitative estimate of drug-likeness (QED) is 0.705. The fraction of sp³-hybridized carbons (Fsp3) is 0.478. The molecule has 1 N–H and O–H groups in total. The molecule has 0 saturated carbocycles. The van der Waals surface area contributed by atoms with Crippen LogP contribution in [0.5, 0.6) is 0 Å². The van der Waals surface area contributed by atoms with Crippen LogP contribution in [0.2, 0.25) is 0 Å². The zero-order chi connectivity index (χ0) is 17.5. The number of rotatable bonds is 7. The van der Waals surface area contributed by atoms with Gasteiger partial charge in [0.2, 0.25) is 0 Å². The Morgan fingerprint density at radius 1 is 1.04 bits per heavy atom. The zero-order valence-corrected chi connectivity index (χ0v) is 15.6. The largest absolute Gasteiger partial charge is 0.376 e. The van der Waals surface area contributed by atoms with Crippen molar-refractivity contribution in [3.05, 3.63) is 71.8 Å². The molecular weight excluding hydrogens is 306 g/mol. The molecule has 0 spiro atoms. The van der Waals surface area contributed by atoms with Gasteiger partial charge in [-0.3, -0.25) is 0 Å². The van der Waals surface area contributed by atoms with Crippen LogP contribution in [0.4, 0.5) is 0 Å². The maximum absolute atomic E-state index is 5.95. The maximum Gasteiger partial charge on any atom is 0.0629 e. The van der Waals surface area contributed by atoms with Crippen LogP contribution in [-0.4, -0.2) is 18.8 Å². The molecule has 134 valence electrons. The Morgan fingerprint density at radius 2 is 1.72 bits per heavy atom. The van der Waals surface area contributed by atoms with E-state index in [0.717, 1.165) is 26.1 Å². The molecule has 2 aromatic carbocycles. The number of ether oxygens (including phenoxy) is 1. The standard InChI is InChI=1S/C23H31NO/c1-23(2)17-21(14-16-25-23)22(20-11-7-4-8-12-20)13-15-24-18-19-9-5-3-6-10-19/h3-12,21-22,24H,13-18H2,1-2H3/t21-,22+/m1/s1. The Kier molecular flexibility index (Phi) is 6.28. The smallest absolute Gasteiger partial charge is 0.0629 e. The minimum atomic E-state index is 0.00736. The minimum absolute atomic E-state index is 0.00736. The van der Waals surface area contributed by atoms with E-state index in [1.54, 1.807) is 0 Å². The molecule has 0 aliphatic carbocycles. The van der Waals surface area contributed by atoms with E-state index in [0.29, 0.717) is 11.8 Å². The van der Waals surface area contributed by atoms with Crippen molar-refractivity contribution < 1.29 is 4.74 Å². The normalized spacial score (nSPS) is 21.0. The third-order valence-electron chi connectivity index (χ3n) is 5.34. The van der Waals surface area contributed by atoms with E-state index in [9.17, 15) is 0 Å². The highest BCUT2D eigenvalue weighted by Crippen LogP contribution is 2.39. The molecule has 1 saturated heterocycles. The molecule has 1 aliphatic rings. The maximum atomic E-state index is 5.95. The summed E-state index contributed by atoms with van der Waals surface area (Å²) in [5.41, 5.74) is 2.84. The van der Waals surface area contributed by atoms with Crippen molar-refractivity contribution in [1.29, 1.82) is 0 Å². The van der Waals surface area contributed by atoms with E-state index in [-0.39, 0.29) is 5.60 Å². The molecule has 2 atom stereocenters. The molecule has 2 aromatic rings. The van der Waals surface area contributed by atoms with Gasteiger partial charge >= 0.3 is 0 Å². The van der Waals surface area contributed by atoms with Crippen molar-refractivity contribution in [1.82, 2.24) is 5.32 Å². The predicted molar refractivity (Wildman–Crippen MR) is 105 cm³/mol. The topological polar surface area (TPSA) is 21.3 Å². The summed E-state index contributed by atoms with van der Waals surface area (Å²) in [7, 11) is 0. The average molecular weight is 338 g/mol. The molecule has 3 rings (SSSR count). The summed E-state index contributed by atoms with van der Waals surface area (Å²) in [4.78, 5) is 0. The zero-order valence-electron chi connectivity index (χ0n) is 15.6. The summed E-state index contributed by atoms with van der Waals surface area (Å²) >= 11 is 0. The molecule has 2 nitrogen and oxygen atoms in total. The van der Waals surface area contributed by atoms with E-state index in [1.165, 1.54) is 24.0 Å². The molecule has 2 heteroatoms. The van der Waals surface area contributed by atoms with Crippen LogP contribution < -0.4 is 5.32 Å². The Balaban J connectivity index is 1.61. The van der Waals surface area contributed by atoms with Crippen LogP contribution in [0.3, 0.4) is 0 Å². The van der Waals surface area contributed by atoms with Crippen LogP contribution >= 0.6 is 0 Å². The van der Waals surface area contributed by atoms with Gasteiger partial charge < -0.3 is 10.1 Å². The van der Waals surface area contributed by atoms with Crippen molar-refractivity contribution in [3.63, 3.8) is 0 Å². The lowest BCUT2D eigenvalue weighted by Crippen LogP contribution is -2.36. The molecule has 1 aliphatic heterocycles. The van der Waals surface area contributed by atoms with Gasteiger partial charge in [-0.1, -0.05) is 60.7 Å². The molecule has 1 heterocycles. The second-order valence-electron chi connectivity index (χ2n) is 7.83. The van der Waals surface area contributed by atoms with Gasteiger partial charge in [0.15, 0.2) is 0 Å². The summed E-state index contributed by atoms with van der Waals surface area (Å²) in [6, 6.07) is 21.7. The monoisotopic (exact) mass is 337 g/mol. The summed E-state index contributed by atoms with van der Waals surface area (Å²) in [5, 5.41) is 3.63. The van der Waals surface area contributed by atoms with Gasteiger partial charge in [-0.25, -0.2) is 0 Å². The lowest BCUT2D eigenvalue weighted by Gasteiger charge is -2.39. The second kappa shape index (κ2) is 8.64. The Hall–Kier alpha value is -1.64. The lowest BCUT2D eigenvalue weighted by molar-refractivity contribution is -0.0771. The first-order valence-corrected chi connectivity index (χ1v) is 9.58. The predicted octanol–water partition coefficient (Wildman–Crippen LogP) is 5.16. The third kappa shape index (κ3) is 5.42. The van der Waals surface area contributed by atoms with Crippen molar-refractivity contribution in [2.24, 2.45) is 5.92 Å². The SMILES string of the molecule is CC1(C)C[C@H]([C@@H](CCNCc2ccccc2)c2ccccc2)CCO1. The van der Waals surface area contributed by atoms with E-state index in [1.807, 2.05) is 0 Å². The molecule has 25 heavy (non-hydrogen) atoms. The number of hydrogen-bond acceptors (Lipinski definition) is 2. The lowest BCUT2D eigenvalue weighted by atomic mass is 9.75. The minimum Gasteiger partial charge on any atom is -0.376 e. The Morgan fingerprint density at radius 3 is 2.40 bits per heavy atom. The van der Waals surface area contributed by atoms with E-state index in [4.69, 9.17) is 4.74 Å². The Labute approximate surface area is 152 Å². The summed E-state index contributed by atoms with van der Waals surface area (Å²) in [5.74, 6) is 1.30. The molecule has 0 aromatic heterocycles. The summed E-state index contributed by atoms with van der Waals surface area (Å²) < 4.78 is 5.95. The van der Waals surface area contributed by atoms with Gasteiger partial charge in [-0.2, -0.15) is 0 Å². The van der Waals surface area contributed by atoms with Crippen molar-refractivity contribution in [2.75, 3.05) is 13.2 Å². The van der Waals surface area contributed by atoms with Crippen LogP contribution in [0.1, 0.15) is 50.2 Å². The van der Waals surface area contributed by atoms with Gasteiger partial charge in [0.05, 0.1) is 5.60 Å². The summed E-state index contributed by atoms with van der Waals surface area (Å²) in [6.07, 6.45) is 3.49. The van der Waals surface area contributed by atoms with Gasteiger partial charge in [-0.05, 0) is 62.6 Å². The van der Waals surface area contributed by atoms with Crippen LogP contribution in [-0.2, 0) is 11.3 Å². The van der Waals surface area contributed by atoms with E-state index in [2.05, 4.69) is 79.8 Å². The molecule has 0 unspecified atom stereocenters. The van der Waals surface area contributed by atoms with E-state index < -0.39 is 0 Å². The molecule has 0 amide bonds. The van der Waals surface area contributed by atoms with Gasteiger partial charge in [0.1, 0.15) is 0 Å². The van der Waals surface area contributed by atoms with Crippen molar-refractivity contribution >= 4 is 0 Å². The molecule has 0 radical (unpaired) electrons. The highest BCUT2D eigenvalue weighted by Gasteiger charge is 2.33. The highest BCUT2D eigenvalue weighted by molar-refractivity contribution is 5.21. The Bertz CT molecular complexity index is 623. The first-order chi connectivity index (χ1) is 12.1. The fourth-order valence-electron chi connectivity index (χ4n) is 4.08. The molecule has 1 fully saturated rings. The average Bonchev–Trinajstić information content (AvgIpc) is 2.62. The van der Waals surface area contributed by atoms with Gasteiger partial charge in [0.25, 0.3) is 0 Å². The van der Waals surface area contributed by atoms with Crippen LogP contribution in [0.15, 0.2) is 60.7 Å². The number of hydrogen-bond donors (Lipinski definition) is 1.